The smallest absolute Gasteiger partial charge is 0.219 e. The molecule has 1 amide bonds. The van der Waals surface area contributed by atoms with E-state index in [2.05, 4.69) is 20.1 Å². The summed E-state index contributed by atoms with van der Waals surface area (Å²) in [5.74, 6) is -0.157. The Morgan fingerprint density at radius 3 is 2.83 bits per heavy atom. The van der Waals surface area contributed by atoms with Gasteiger partial charge in [-0.2, -0.15) is 0 Å². The van der Waals surface area contributed by atoms with Gasteiger partial charge in [0.2, 0.25) is 5.91 Å². The van der Waals surface area contributed by atoms with Gasteiger partial charge >= 0.3 is 0 Å². The molecule has 1 fully saturated rings. The molecule has 124 valence electrons. The maximum Gasteiger partial charge on any atom is 0.219 e. The summed E-state index contributed by atoms with van der Waals surface area (Å²) in [7, 11) is 0. The van der Waals surface area contributed by atoms with Crippen molar-refractivity contribution >= 4 is 32.6 Å². The van der Waals surface area contributed by atoms with Crippen LogP contribution in [0, 0.1) is 5.82 Å². The molecule has 23 heavy (non-hydrogen) atoms. The summed E-state index contributed by atoms with van der Waals surface area (Å²) in [6.07, 6.45) is 0.530. The van der Waals surface area contributed by atoms with E-state index in [4.69, 9.17) is 0 Å². The number of fused-ring (bicyclic) bond motifs is 1. The monoisotopic (exact) mass is 336 g/mol. The molecule has 0 unspecified atom stereocenters. The minimum absolute atomic E-state index is 0.0974. The SMILES string of the molecule is CCC(=O)NCCN1CCN(c2nc3c(F)cccc3s2)CC1. The average Bonchev–Trinajstić information content (AvgIpc) is 3.01. The van der Waals surface area contributed by atoms with Gasteiger partial charge in [0.15, 0.2) is 5.13 Å². The third-order valence-electron chi connectivity index (χ3n) is 4.07. The van der Waals surface area contributed by atoms with Crippen LogP contribution >= 0.6 is 11.3 Å². The number of carbonyl (C=O) groups excluding carboxylic acids is 1. The normalized spacial score (nSPS) is 16.0. The predicted molar refractivity (Wildman–Crippen MR) is 91.5 cm³/mol. The Morgan fingerprint density at radius 2 is 2.13 bits per heavy atom. The highest BCUT2D eigenvalue weighted by molar-refractivity contribution is 7.22. The maximum atomic E-state index is 13.7. The number of aromatic nitrogens is 1. The molecular weight excluding hydrogens is 315 g/mol. The third-order valence-corrected chi connectivity index (χ3v) is 5.15. The van der Waals surface area contributed by atoms with Gasteiger partial charge in [-0.1, -0.05) is 24.3 Å². The van der Waals surface area contributed by atoms with Gasteiger partial charge in [0, 0.05) is 45.7 Å². The van der Waals surface area contributed by atoms with Crippen LogP contribution < -0.4 is 10.2 Å². The first-order valence-corrected chi connectivity index (χ1v) is 8.78. The maximum absolute atomic E-state index is 13.7. The number of hydrogen-bond acceptors (Lipinski definition) is 5. The number of piperazine rings is 1. The van der Waals surface area contributed by atoms with Crippen LogP contribution in [0.4, 0.5) is 9.52 Å². The summed E-state index contributed by atoms with van der Waals surface area (Å²) in [5.41, 5.74) is 0.470. The van der Waals surface area contributed by atoms with E-state index in [0.29, 0.717) is 18.5 Å². The fraction of sp³-hybridized carbons (Fsp3) is 0.500. The van der Waals surface area contributed by atoms with Crippen molar-refractivity contribution in [3.8, 4) is 0 Å². The second-order valence-electron chi connectivity index (χ2n) is 5.62. The van der Waals surface area contributed by atoms with Gasteiger partial charge < -0.3 is 10.2 Å². The van der Waals surface area contributed by atoms with Crippen LogP contribution in [-0.2, 0) is 4.79 Å². The van der Waals surface area contributed by atoms with Crippen molar-refractivity contribution in [2.75, 3.05) is 44.2 Å². The minimum Gasteiger partial charge on any atom is -0.355 e. The molecule has 1 aliphatic heterocycles. The lowest BCUT2D eigenvalue weighted by molar-refractivity contribution is -0.120. The van der Waals surface area contributed by atoms with E-state index in [1.165, 1.54) is 6.07 Å². The Hall–Kier alpha value is -1.73. The Bertz CT molecular complexity index is 682. The van der Waals surface area contributed by atoms with E-state index in [0.717, 1.165) is 42.6 Å². The molecule has 0 atom stereocenters. The standard InChI is InChI=1S/C16H21FN4OS/c1-2-14(22)18-6-7-20-8-10-21(11-9-20)16-19-15-12(17)4-3-5-13(15)23-16/h3-5H,2,6-11H2,1H3,(H,18,22). The second kappa shape index (κ2) is 7.23. The fourth-order valence-electron chi connectivity index (χ4n) is 2.68. The number of carbonyl (C=O) groups is 1. The molecule has 3 rings (SSSR count). The van der Waals surface area contributed by atoms with E-state index < -0.39 is 0 Å². The van der Waals surface area contributed by atoms with Crippen molar-refractivity contribution < 1.29 is 9.18 Å². The predicted octanol–water partition coefficient (Wildman–Crippen LogP) is 2.08. The number of benzene rings is 1. The molecule has 1 N–H and O–H groups in total. The van der Waals surface area contributed by atoms with Gasteiger partial charge in [-0.05, 0) is 12.1 Å². The molecular formula is C16H21FN4OS. The molecule has 5 nitrogen and oxygen atoms in total. The van der Waals surface area contributed by atoms with Crippen LogP contribution in [0.1, 0.15) is 13.3 Å². The van der Waals surface area contributed by atoms with Crippen molar-refractivity contribution in [2.45, 2.75) is 13.3 Å². The Labute approximate surface area is 139 Å². The Morgan fingerprint density at radius 1 is 1.35 bits per heavy atom. The molecule has 1 saturated heterocycles. The van der Waals surface area contributed by atoms with E-state index in [1.54, 1.807) is 17.4 Å². The number of amides is 1. The summed E-state index contributed by atoms with van der Waals surface area (Å²) in [5, 5.41) is 3.79. The lowest BCUT2D eigenvalue weighted by Crippen LogP contribution is -2.48. The zero-order chi connectivity index (χ0) is 16.2. The zero-order valence-corrected chi connectivity index (χ0v) is 14.0. The van der Waals surface area contributed by atoms with Crippen LogP contribution in [0.2, 0.25) is 0 Å². The van der Waals surface area contributed by atoms with Crippen LogP contribution in [0.3, 0.4) is 0 Å². The van der Waals surface area contributed by atoms with Crippen molar-refractivity contribution in [1.82, 2.24) is 15.2 Å². The number of thiazole rings is 1. The molecule has 1 aliphatic rings. The number of rotatable bonds is 5. The first kappa shape index (κ1) is 16.1. The summed E-state index contributed by atoms with van der Waals surface area (Å²) in [4.78, 5) is 20.2. The van der Waals surface area contributed by atoms with Gasteiger partial charge in [0.1, 0.15) is 11.3 Å². The van der Waals surface area contributed by atoms with Crippen molar-refractivity contribution in [1.29, 1.82) is 0 Å². The first-order chi connectivity index (χ1) is 11.2. The number of para-hydroxylation sites is 1. The second-order valence-corrected chi connectivity index (χ2v) is 6.62. The highest BCUT2D eigenvalue weighted by Crippen LogP contribution is 2.30. The average molecular weight is 336 g/mol. The lowest BCUT2D eigenvalue weighted by atomic mass is 10.3. The highest BCUT2D eigenvalue weighted by atomic mass is 32.1. The molecule has 1 aromatic heterocycles. The molecule has 0 bridgehead atoms. The highest BCUT2D eigenvalue weighted by Gasteiger charge is 2.20. The van der Waals surface area contributed by atoms with Crippen molar-refractivity contribution in [2.24, 2.45) is 0 Å². The minimum atomic E-state index is -0.254. The fourth-order valence-corrected chi connectivity index (χ4v) is 3.71. The largest absolute Gasteiger partial charge is 0.355 e. The zero-order valence-electron chi connectivity index (χ0n) is 13.2. The quantitative estimate of drug-likeness (QED) is 0.908. The summed E-state index contributed by atoms with van der Waals surface area (Å²) in [6.45, 7) is 7.04. The van der Waals surface area contributed by atoms with Gasteiger partial charge in [0.25, 0.3) is 0 Å². The van der Waals surface area contributed by atoms with Gasteiger partial charge in [-0.15, -0.1) is 0 Å². The summed E-state index contributed by atoms with van der Waals surface area (Å²) >= 11 is 1.54. The van der Waals surface area contributed by atoms with Crippen LogP contribution in [0.5, 0.6) is 0 Å². The van der Waals surface area contributed by atoms with Crippen LogP contribution in [0.25, 0.3) is 10.2 Å². The van der Waals surface area contributed by atoms with E-state index in [9.17, 15) is 9.18 Å². The van der Waals surface area contributed by atoms with Gasteiger partial charge in [-0.25, -0.2) is 9.37 Å². The molecule has 7 heteroatoms. The Balaban J connectivity index is 1.54. The molecule has 0 radical (unpaired) electrons. The third kappa shape index (κ3) is 3.79. The van der Waals surface area contributed by atoms with Crippen molar-refractivity contribution in [3.63, 3.8) is 0 Å². The number of nitrogens with zero attached hydrogens (tertiary/aromatic N) is 3. The molecule has 0 spiro atoms. The number of hydrogen-bond donors (Lipinski definition) is 1. The summed E-state index contributed by atoms with van der Waals surface area (Å²) < 4.78 is 14.6. The number of halogens is 1. The molecule has 1 aromatic carbocycles. The van der Waals surface area contributed by atoms with Crippen LogP contribution in [0.15, 0.2) is 18.2 Å². The van der Waals surface area contributed by atoms with Crippen LogP contribution in [-0.4, -0.2) is 55.1 Å². The van der Waals surface area contributed by atoms with Gasteiger partial charge in [-0.3, -0.25) is 9.69 Å². The lowest BCUT2D eigenvalue weighted by Gasteiger charge is -2.34. The van der Waals surface area contributed by atoms with Crippen molar-refractivity contribution in [3.05, 3.63) is 24.0 Å². The van der Waals surface area contributed by atoms with E-state index in [1.807, 2.05) is 13.0 Å². The summed E-state index contributed by atoms with van der Waals surface area (Å²) in [6, 6.07) is 5.09. The Kier molecular flexibility index (Phi) is 5.07. The number of anilines is 1. The topological polar surface area (TPSA) is 48.5 Å². The molecule has 0 saturated carbocycles. The molecule has 2 heterocycles. The molecule has 2 aromatic rings. The number of nitrogens with one attached hydrogen (secondary N) is 1. The van der Waals surface area contributed by atoms with Gasteiger partial charge in [0.05, 0.1) is 4.70 Å². The van der Waals surface area contributed by atoms with E-state index in [-0.39, 0.29) is 11.7 Å². The van der Waals surface area contributed by atoms with E-state index >= 15 is 0 Å². The first-order valence-electron chi connectivity index (χ1n) is 7.96. The molecule has 0 aliphatic carbocycles.